The molecule has 0 spiro atoms. The van der Waals surface area contributed by atoms with Gasteiger partial charge in [-0.3, -0.25) is 15.1 Å². The van der Waals surface area contributed by atoms with Crippen molar-refractivity contribution >= 4 is 11.6 Å². The molecule has 1 unspecified atom stereocenters. The highest BCUT2D eigenvalue weighted by Crippen LogP contribution is 2.36. The Balaban J connectivity index is 1.76. The van der Waals surface area contributed by atoms with Crippen LogP contribution in [-0.4, -0.2) is 37.9 Å². The number of pyridine rings is 1. The van der Waals surface area contributed by atoms with E-state index in [1.165, 1.54) is 24.5 Å². The second kappa shape index (κ2) is 8.02. The number of rotatable bonds is 7. The summed E-state index contributed by atoms with van der Waals surface area (Å²) in [6.07, 6.45) is -2.48. The van der Waals surface area contributed by atoms with Crippen LogP contribution in [0.15, 0.2) is 43.0 Å². The second-order valence-electron chi connectivity index (χ2n) is 5.19. The summed E-state index contributed by atoms with van der Waals surface area (Å²) in [6.45, 7) is -3.06. The van der Waals surface area contributed by atoms with Crippen LogP contribution in [0.5, 0.6) is 11.8 Å². The van der Waals surface area contributed by atoms with Crippen LogP contribution in [0.4, 0.5) is 33.6 Å². The summed E-state index contributed by atoms with van der Waals surface area (Å²) in [4.78, 5) is 11.3. The number of H-pyrrole nitrogens is 1. The van der Waals surface area contributed by atoms with E-state index in [1.54, 1.807) is 0 Å². The lowest BCUT2D eigenvalue weighted by Gasteiger charge is -2.21. The molecule has 0 amide bonds. The topological polar surface area (TPSA) is 97.8 Å². The van der Waals surface area contributed by atoms with Crippen molar-refractivity contribution in [1.29, 1.82) is 0 Å². The number of nitrogens with one attached hydrogen (secondary N) is 2. The third-order valence-electron chi connectivity index (χ3n) is 3.16. The molecular formula is C15H11F5N6O2. The van der Waals surface area contributed by atoms with Crippen LogP contribution >= 0.6 is 0 Å². The lowest BCUT2D eigenvalue weighted by Crippen LogP contribution is -2.26. The van der Waals surface area contributed by atoms with Gasteiger partial charge in [-0.25, -0.2) is 0 Å². The molecule has 3 aromatic heterocycles. The van der Waals surface area contributed by atoms with Crippen LogP contribution in [0.1, 0.15) is 11.7 Å². The quantitative estimate of drug-likeness (QED) is 0.583. The molecule has 0 aromatic carbocycles. The van der Waals surface area contributed by atoms with Gasteiger partial charge in [-0.15, -0.1) is 5.10 Å². The molecule has 0 radical (unpaired) electrons. The molecule has 0 saturated heterocycles. The minimum absolute atomic E-state index is 0.0168. The Kier molecular flexibility index (Phi) is 5.52. The van der Waals surface area contributed by atoms with Crippen molar-refractivity contribution in [1.82, 2.24) is 25.1 Å². The second-order valence-corrected chi connectivity index (χ2v) is 5.19. The Morgan fingerprint density at radius 3 is 2.54 bits per heavy atom. The molecule has 3 heterocycles. The number of hydrogen-bond acceptors (Lipinski definition) is 7. The largest absolute Gasteiger partial charge is 0.458 e. The first kappa shape index (κ1) is 19.3. The molecule has 0 fully saturated rings. The third kappa shape index (κ3) is 5.02. The number of anilines is 2. The smallest absolute Gasteiger partial charge is 0.429 e. The van der Waals surface area contributed by atoms with Crippen molar-refractivity contribution < 1.29 is 31.4 Å². The van der Waals surface area contributed by atoms with Gasteiger partial charge >= 0.3 is 12.8 Å². The van der Waals surface area contributed by atoms with Crippen LogP contribution < -0.4 is 14.8 Å². The van der Waals surface area contributed by atoms with Crippen LogP contribution in [0.3, 0.4) is 0 Å². The number of alkyl halides is 5. The normalized spacial score (nSPS) is 12.6. The van der Waals surface area contributed by atoms with Gasteiger partial charge in [0.1, 0.15) is 5.82 Å². The first-order valence-electron chi connectivity index (χ1n) is 7.54. The highest BCUT2D eigenvalue weighted by Gasteiger charge is 2.43. The fourth-order valence-corrected chi connectivity index (χ4v) is 2.10. The van der Waals surface area contributed by atoms with E-state index in [9.17, 15) is 22.0 Å². The molecule has 3 aromatic rings. The summed E-state index contributed by atoms with van der Waals surface area (Å²) >= 11 is 0. The van der Waals surface area contributed by atoms with Crippen molar-refractivity contribution in [2.24, 2.45) is 0 Å². The minimum Gasteiger partial charge on any atom is -0.458 e. The Labute approximate surface area is 153 Å². The highest BCUT2D eigenvalue weighted by atomic mass is 19.4. The Hall–Kier alpha value is -3.51. The number of nitrogens with zero attached hydrogens (tertiary/aromatic N) is 4. The monoisotopic (exact) mass is 402 g/mol. The van der Waals surface area contributed by atoms with E-state index < -0.39 is 24.8 Å². The van der Waals surface area contributed by atoms with Crippen molar-refractivity contribution in [3.63, 3.8) is 0 Å². The molecule has 13 heteroatoms. The molecule has 8 nitrogen and oxygen atoms in total. The first-order valence-corrected chi connectivity index (χ1v) is 7.54. The summed E-state index contributed by atoms with van der Waals surface area (Å²) in [5.41, 5.74) is -0.211. The standard InChI is InChI=1S/C15H11F5N6O2/c16-14(17)28-11-4-9(25-26-11)23-10-6-22-7-12(24-10)27-13(15(18,19)20)8-2-1-3-21-5-8/h1-7,13-14H,(H2,23,24,25,26). The van der Waals surface area contributed by atoms with Crippen LogP contribution in [0.25, 0.3) is 0 Å². The zero-order chi connectivity index (χ0) is 20.1. The Morgan fingerprint density at radius 2 is 1.86 bits per heavy atom. The van der Waals surface area contributed by atoms with Gasteiger partial charge in [-0.2, -0.15) is 26.9 Å². The number of halogens is 5. The molecule has 1 atom stereocenters. The van der Waals surface area contributed by atoms with E-state index in [0.29, 0.717) is 0 Å². The van der Waals surface area contributed by atoms with Crippen molar-refractivity contribution in [3.05, 3.63) is 48.5 Å². The third-order valence-corrected chi connectivity index (χ3v) is 3.16. The van der Waals surface area contributed by atoms with Gasteiger partial charge < -0.3 is 14.8 Å². The molecule has 28 heavy (non-hydrogen) atoms. The molecule has 2 N–H and O–H groups in total. The molecular weight excluding hydrogens is 391 g/mol. The average Bonchev–Trinajstić information content (AvgIpc) is 3.06. The predicted molar refractivity (Wildman–Crippen MR) is 84.2 cm³/mol. The maximum atomic E-state index is 13.3. The molecule has 0 bridgehead atoms. The van der Waals surface area contributed by atoms with E-state index in [2.05, 4.69) is 35.2 Å². The minimum atomic E-state index is -4.72. The summed E-state index contributed by atoms with van der Waals surface area (Å²) in [5.74, 6) is -0.718. The highest BCUT2D eigenvalue weighted by molar-refractivity contribution is 5.52. The first-order chi connectivity index (χ1) is 13.3. The summed E-state index contributed by atoms with van der Waals surface area (Å²) in [7, 11) is 0. The number of ether oxygens (including phenoxy) is 2. The maximum Gasteiger partial charge on any atom is 0.429 e. The molecule has 3 rings (SSSR count). The lowest BCUT2D eigenvalue weighted by molar-refractivity contribution is -0.198. The van der Waals surface area contributed by atoms with Crippen molar-refractivity contribution in [2.75, 3.05) is 5.32 Å². The zero-order valence-corrected chi connectivity index (χ0v) is 13.7. The average molecular weight is 402 g/mol. The fourth-order valence-electron chi connectivity index (χ4n) is 2.10. The molecule has 0 aliphatic heterocycles. The van der Waals surface area contributed by atoms with Crippen LogP contribution in [-0.2, 0) is 0 Å². The summed E-state index contributed by atoms with van der Waals surface area (Å²) in [6, 6.07) is 3.67. The molecule has 0 aliphatic carbocycles. The van der Waals surface area contributed by atoms with Gasteiger partial charge in [0, 0.05) is 24.0 Å². The summed E-state index contributed by atoms with van der Waals surface area (Å²) in [5, 5.41) is 8.42. The lowest BCUT2D eigenvalue weighted by atomic mass is 10.1. The number of aromatic nitrogens is 5. The zero-order valence-electron chi connectivity index (χ0n) is 13.7. The molecule has 148 valence electrons. The number of aromatic amines is 1. The van der Waals surface area contributed by atoms with Crippen molar-refractivity contribution in [2.45, 2.75) is 18.9 Å². The van der Waals surface area contributed by atoms with Gasteiger partial charge in [-0.1, -0.05) is 6.07 Å². The SMILES string of the molecule is FC(F)Oc1cc(Nc2cncc(OC(c3cccnc3)C(F)(F)F)n2)[nH]n1. The van der Waals surface area contributed by atoms with E-state index in [4.69, 9.17) is 4.74 Å². The van der Waals surface area contributed by atoms with Gasteiger partial charge in [0.05, 0.1) is 12.4 Å². The molecule has 0 saturated carbocycles. The predicted octanol–water partition coefficient (Wildman–Crippen LogP) is 3.62. The Bertz CT molecular complexity index is 905. The number of hydrogen-bond donors (Lipinski definition) is 2. The maximum absolute atomic E-state index is 13.3. The fraction of sp³-hybridized carbons (Fsp3) is 0.200. The van der Waals surface area contributed by atoms with E-state index >= 15 is 0 Å². The Morgan fingerprint density at radius 1 is 1.04 bits per heavy atom. The van der Waals surface area contributed by atoms with Gasteiger partial charge in [0.25, 0.3) is 0 Å². The van der Waals surface area contributed by atoms with Crippen LogP contribution in [0.2, 0.25) is 0 Å². The van der Waals surface area contributed by atoms with Crippen molar-refractivity contribution in [3.8, 4) is 11.8 Å². The van der Waals surface area contributed by atoms with E-state index in [0.717, 1.165) is 18.5 Å². The van der Waals surface area contributed by atoms with E-state index in [1.807, 2.05) is 0 Å². The van der Waals surface area contributed by atoms with Crippen LogP contribution in [0, 0.1) is 0 Å². The van der Waals surface area contributed by atoms with Gasteiger partial charge in [-0.05, 0) is 6.07 Å². The van der Waals surface area contributed by atoms with Gasteiger partial charge in [0.15, 0.2) is 5.82 Å². The molecule has 0 aliphatic rings. The summed E-state index contributed by atoms with van der Waals surface area (Å²) < 4.78 is 73.4. The van der Waals surface area contributed by atoms with Gasteiger partial charge in [0.2, 0.25) is 17.9 Å². The van der Waals surface area contributed by atoms with E-state index in [-0.39, 0.29) is 23.1 Å².